The van der Waals surface area contributed by atoms with Crippen molar-refractivity contribution in [3.05, 3.63) is 47.3 Å². The maximum atomic E-state index is 5.66. The van der Waals surface area contributed by atoms with Gasteiger partial charge in [-0.3, -0.25) is 0 Å². The zero-order chi connectivity index (χ0) is 13.8. The summed E-state index contributed by atoms with van der Waals surface area (Å²) in [6.45, 7) is 6.60. The number of rotatable bonds is 4. The summed E-state index contributed by atoms with van der Waals surface area (Å²) in [7, 11) is 0. The third kappa shape index (κ3) is 3.51. The minimum atomic E-state index is 0.345. The van der Waals surface area contributed by atoms with Gasteiger partial charge >= 0.3 is 6.01 Å². The Balaban J connectivity index is 2.18. The van der Waals surface area contributed by atoms with Crippen LogP contribution < -0.4 is 10.5 Å². The largest absolute Gasteiger partial charge is 0.424 e. The number of nitrogens with two attached hydrogens (primary N) is 1. The summed E-state index contributed by atoms with van der Waals surface area (Å²) in [5.74, 6) is 1.24. The second-order valence-corrected chi connectivity index (χ2v) is 4.81. The molecule has 0 radical (unpaired) electrons. The van der Waals surface area contributed by atoms with Crippen LogP contribution in [0.1, 0.15) is 36.7 Å². The normalized spacial score (nSPS) is 10.8. The van der Waals surface area contributed by atoms with E-state index < -0.39 is 0 Å². The van der Waals surface area contributed by atoms with Gasteiger partial charge in [0.25, 0.3) is 0 Å². The molecular weight excluding hydrogens is 238 g/mol. The first kappa shape index (κ1) is 13.5. The Morgan fingerprint density at radius 1 is 1.16 bits per heavy atom. The molecule has 1 heterocycles. The van der Waals surface area contributed by atoms with E-state index in [-0.39, 0.29) is 0 Å². The number of aromatic nitrogens is 2. The molecule has 19 heavy (non-hydrogen) atoms. The van der Waals surface area contributed by atoms with Gasteiger partial charge in [0.2, 0.25) is 0 Å². The molecule has 0 fully saturated rings. The Bertz CT molecular complexity index is 550. The molecule has 4 nitrogen and oxygen atoms in total. The minimum absolute atomic E-state index is 0.345. The second kappa shape index (κ2) is 5.80. The van der Waals surface area contributed by atoms with Crippen molar-refractivity contribution in [3.63, 3.8) is 0 Å². The fraction of sp³-hybridized carbons (Fsp3) is 0.333. The first-order valence-corrected chi connectivity index (χ1v) is 6.41. The molecule has 0 amide bonds. The monoisotopic (exact) mass is 257 g/mol. The average Bonchev–Trinajstić information content (AvgIpc) is 2.38. The SMILES string of the molecule is Cc1cc(CN)nc(Oc2ccc(C(C)C)cc2)n1. The highest BCUT2D eigenvalue weighted by Gasteiger charge is 2.05. The number of aryl methyl sites for hydroxylation is 1. The first-order valence-electron chi connectivity index (χ1n) is 6.41. The summed E-state index contributed by atoms with van der Waals surface area (Å²) in [5, 5.41) is 0. The molecule has 0 spiro atoms. The van der Waals surface area contributed by atoms with Crippen molar-refractivity contribution in [2.24, 2.45) is 5.73 Å². The van der Waals surface area contributed by atoms with Crippen LogP contribution in [-0.4, -0.2) is 9.97 Å². The number of ether oxygens (including phenoxy) is 1. The average molecular weight is 257 g/mol. The van der Waals surface area contributed by atoms with Crippen LogP contribution in [0.5, 0.6) is 11.8 Å². The Morgan fingerprint density at radius 3 is 2.42 bits per heavy atom. The van der Waals surface area contributed by atoms with Gasteiger partial charge in [-0.1, -0.05) is 26.0 Å². The van der Waals surface area contributed by atoms with Gasteiger partial charge in [0, 0.05) is 12.2 Å². The van der Waals surface area contributed by atoms with Gasteiger partial charge < -0.3 is 10.5 Å². The van der Waals surface area contributed by atoms with E-state index in [4.69, 9.17) is 10.5 Å². The number of hydrogen-bond donors (Lipinski definition) is 1. The van der Waals surface area contributed by atoms with Crippen LogP contribution in [0.25, 0.3) is 0 Å². The van der Waals surface area contributed by atoms with Crippen LogP contribution in [0.15, 0.2) is 30.3 Å². The van der Waals surface area contributed by atoms with E-state index in [2.05, 4.69) is 35.9 Å². The van der Waals surface area contributed by atoms with Crippen LogP contribution in [0, 0.1) is 6.92 Å². The molecule has 2 aromatic rings. The fourth-order valence-corrected chi connectivity index (χ4v) is 1.78. The topological polar surface area (TPSA) is 61.0 Å². The molecule has 2 N–H and O–H groups in total. The molecule has 0 unspecified atom stereocenters. The van der Waals surface area contributed by atoms with E-state index >= 15 is 0 Å². The molecule has 1 aromatic carbocycles. The van der Waals surface area contributed by atoms with Crippen molar-refractivity contribution in [2.45, 2.75) is 33.2 Å². The maximum Gasteiger partial charge on any atom is 0.322 e. The van der Waals surface area contributed by atoms with Crippen molar-refractivity contribution in [3.8, 4) is 11.8 Å². The van der Waals surface area contributed by atoms with Crippen molar-refractivity contribution in [1.82, 2.24) is 9.97 Å². The lowest BCUT2D eigenvalue weighted by Crippen LogP contribution is -2.03. The number of hydrogen-bond acceptors (Lipinski definition) is 4. The maximum absolute atomic E-state index is 5.66. The summed E-state index contributed by atoms with van der Waals surface area (Å²) in [4.78, 5) is 8.49. The van der Waals surface area contributed by atoms with Crippen molar-refractivity contribution < 1.29 is 4.74 Å². The highest BCUT2D eigenvalue weighted by Crippen LogP contribution is 2.22. The lowest BCUT2D eigenvalue weighted by molar-refractivity contribution is 0.437. The number of nitrogens with zero attached hydrogens (tertiary/aromatic N) is 2. The zero-order valence-electron chi connectivity index (χ0n) is 11.6. The quantitative estimate of drug-likeness (QED) is 0.914. The van der Waals surface area contributed by atoms with Crippen molar-refractivity contribution >= 4 is 0 Å². The molecule has 0 aliphatic heterocycles. The van der Waals surface area contributed by atoms with Crippen molar-refractivity contribution in [2.75, 3.05) is 0 Å². The predicted molar refractivity (Wildman–Crippen MR) is 75.3 cm³/mol. The van der Waals surface area contributed by atoms with Gasteiger partial charge in [-0.05, 0) is 36.6 Å². The summed E-state index contributed by atoms with van der Waals surface area (Å²) in [6.07, 6.45) is 0. The summed E-state index contributed by atoms with van der Waals surface area (Å²) >= 11 is 0. The molecule has 0 bridgehead atoms. The van der Waals surface area contributed by atoms with E-state index in [1.54, 1.807) is 0 Å². The highest BCUT2D eigenvalue weighted by molar-refractivity contribution is 5.30. The number of benzene rings is 1. The standard InChI is InChI=1S/C15H19N3O/c1-10(2)12-4-6-14(7-5-12)19-15-17-11(3)8-13(9-16)18-15/h4-8,10H,9,16H2,1-3H3. The molecular formula is C15H19N3O. The molecule has 0 aliphatic rings. The van der Waals surface area contributed by atoms with E-state index in [1.807, 2.05) is 25.1 Å². The van der Waals surface area contributed by atoms with E-state index in [9.17, 15) is 0 Å². The van der Waals surface area contributed by atoms with E-state index in [1.165, 1.54) is 5.56 Å². The van der Waals surface area contributed by atoms with Gasteiger partial charge in [0.05, 0.1) is 5.69 Å². The third-order valence-corrected chi connectivity index (χ3v) is 2.85. The highest BCUT2D eigenvalue weighted by atomic mass is 16.5. The molecule has 1 aromatic heterocycles. The zero-order valence-corrected chi connectivity index (χ0v) is 11.6. The van der Waals surface area contributed by atoms with Gasteiger partial charge in [0.15, 0.2) is 0 Å². The Labute approximate surface area is 113 Å². The first-order chi connectivity index (χ1) is 9.08. The van der Waals surface area contributed by atoms with Crippen LogP contribution in [0.2, 0.25) is 0 Å². The minimum Gasteiger partial charge on any atom is -0.424 e. The molecule has 100 valence electrons. The van der Waals surface area contributed by atoms with Gasteiger partial charge in [-0.25, -0.2) is 4.98 Å². The molecule has 0 saturated heterocycles. The molecule has 4 heteroatoms. The fourth-order valence-electron chi connectivity index (χ4n) is 1.78. The molecule has 0 saturated carbocycles. The molecule has 2 rings (SSSR count). The smallest absolute Gasteiger partial charge is 0.322 e. The summed E-state index contributed by atoms with van der Waals surface area (Å²) in [6, 6.07) is 10.2. The Hall–Kier alpha value is -1.94. The lowest BCUT2D eigenvalue weighted by Gasteiger charge is -2.08. The van der Waals surface area contributed by atoms with Crippen molar-refractivity contribution in [1.29, 1.82) is 0 Å². The van der Waals surface area contributed by atoms with Gasteiger partial charge in [0.1, 0.15) is 5.75 Å². The van der Waals surface area contributed by atoms with E-state index in [0.717, 1.165) is 17.1 Å². The summed E-state index contributed by atoms with van der Waals surface area (Å²) in [5.41, 5.74) is 8.50. The van der Waals surface area contributed by atoms with Crippen LogP contribution in [0.3, 0.4) is 0 Å². The predicted octanol–water partition coefficient (Wildman–Crippen LogP) is 3.16. The lowest BCUT2D eigenvalue weighted by atomic mass is 10.0. The van der Waals surface area contributed by atoms with Crippen LogP contribution in [-0.2, 0) is 6.54 Å². The van der Waals surface area contributed by atoms with Gasteiger partial charge in [-0.15, -0.1) is 0 Å². The van der Waals surface area contributed by atoms with E-state index in [0.29, 0.717) is 18.5 Å². The third-order valence-electron chi connectivity index (χ3n) is 2.85. The summed E-state index contributed by atoms with van der Waals surface area (Å²) < 4.78 is 5.66. The van der Waals surface area contributed by atoms with Crippen LogP contribution in [0.4, 0.5) is 0 Å². The molecule has 0 aliphatic carbocycles. The molecule has 0 atom stereocenters. The van der Waals surface area contributed by atoms with Gasteiger partial charge in [-0.2, -0.15) is 4.98 Å². The van der Waals surface area contributed by atoms with Crippen LogP contribution >= 0.6 is 0 Å². The Morgan fingerprint density at radius 2 is 1.84 bits per heavy atom. The second-order valence-electron chi connectivity index (χ2n) is 4.81. The Kier molecular flexibility index (Phi) is 4.12.